The van der Waals surface area contributed by atoms with E-state index in [-0.39, 0.29) is 5.56 Å². The first-order chi connectivity index (χ1) is 8.79. The van der Waals surface area contributed by atoms with Crippen molar-refractivity contribution in [3.8, 4) is 5.75 Å². The smallest absolute Gasteiger partial charge is 0.265 e. The van der Waals surface area contributed by atoms with Crippen molar-refractivity contribution in [2.45, 2.75) is 6.92 Å². The summed E-state index contributed by atoms with van der Waals surface area (Å²) in [6, 6.07) is 10.8. The average molecular weight is 240 g/mol. The fourth-order valence-electron chi connectivity index (χ4n) is 1.99. The monoisotopic (exact) mass is 240 g/mol. The Balaban J connectivity index is 2.37. The maximum Gasteiger partial charge on any atom is 0.265 e. The number of hydrogen-bond acceptors (Lipinski definition) is 3. The van der Waals surface area contributed by atoms with E-state index < -0.39 is 0 Å². The molecule has 0 bridgehead atoms. The highest BCUT2D eigenvalue weighted by Crippen LogP contribution is 2.17. The molecule has 0 saturated carbocycles. The Labute approximate surface area is 103 Å². The highest BCUT2D eigenvalue weighted by atomic mass is 16.5. The molecule has 4 heteroatoms. The minimum atomic E-state index is -0.0568. The van der Waals surface area contributed by atoms with Crippen LogP contribution < -0.4 is 10.3 Å². The molecule has 0 atom stereocenters. The molecule has 3 aromatic rings. The van der Waals surface area contributed by atoms with E-state index in [0.717, 1.165) is 5.75 Å². The van der Waals surface area contributed by atoms with Crippen molar-refractivity contribution in [1.82, 2.24) is 9.38 Å². The molecule has 0 aliphatic heterocycles. The van der Waals surface area contributed by atoms with Crippen LogP contribution in [-0.2, 0) is 0 Å². The summed E-state index contributed by atoms with van der Waals surface area (Å²) in [6.45, 7) is 2.52. The van der Waals surface area contributed by atoms with Crippen LogP contribution in [0, 0.1) is 0 Å². The Hall–Kier alpha value is -2.36. The second-order valence-electron chi connectivity index (χ2n) is 3.96. The van der Waals surface area contributed by atoms with Crippen molar-refractivity contribution in [3.63, 3.8) is 0 Å². The fourth-order valence-corrected chi connectivity index (χ4v) is 1.99. The van der Waals surface area contributed by atoms with Crippen LogP contribution in [0.4, 0.5) is 0 Å². The maximum atomic E-state index is 12.2. The lowest BCUT2D eigenvalue weighted by Crippen LogP contribution is -2.14. The topological polar surface area (TPSA) is 43.6 Å². The number of fused-ring (bicyclic) bond motifs is 2. The molecule has 90 valence electrons. The summed E-state index contributed by atoms with van der Waals surface area (Å²) in [4.78, 5) is 16.7. The number of pyridine rings is 1. The van der Waals surface area contributed by atoms with Crippen molar-refractivity contribution >= 4 is 16.6 Å². The van der Waals surface area contributed by atoms with Crippen molar-refractivity contribution in [1.29, 1.82) is 0 Å². The number of ether oxygens (including phenoxy) is 1. The summed E-state index contributed by atoms with van der Waals surface area (Å²) in [5.74, 6) is 0.734. The van der Waals surface area contributed by atoms with Crippen LogP contribution >= 0.6 is 0 Å². The van der Waals surface area contributed by atoms with Gasteiger partial charge in [0.2, 0.25) is 0 Å². The van der Waals surface area contributed by atoms with E-state index in [4.69, 9.17) is 4.74 Å². The van der Waals surface area contributed by atoms with Crippen LogP contribution in [0.15, 0.2) is 47.4 Å². The van der Waals surface area contributed by atoms with Gasteiger partial charge in [-0.15, -0.1) is 0 Å². The summed E-state index contributed by atoms with van der Waals surface area (Å²) < 4.78 is 6.96. The van der Waals surface area contributed by atoms with Gasteiger partial charge in [0.25, 0.3) is 5.56 Å². The molecule has 18 heavy (non-hydrogen) atoms. The van der Waals surface area contributed by atoms with E-state index in [9.17, 15) is 4.79 Å². The van der Waals surface area contributed by atoms with Gasteiger partial charge in [0.15, 0.2) is 0 Å². The van der Waals surface area contributed by atoms with Gasteiger partial charge in [-0.1, -0.05) is 6.07 Å². The van der Waals surface area contributed by atoms with Gasteiger partial charge in [0, 0.05) is 12.3 Å². The van der Waals surface area contributed by atoms with Crippen molar-refractivity contribution in [3.05, 3.63) is 52.9 Å². The Morgan fingerprint density at radius 2 is 2.17 bits per heavy atom. The van der Waals surface area contributed by atoms with Crippen LogP contribution in [-0.4, -0.2) is 16.0 Å². The van der Waals surface area contributed by atoms with Gasteiger partial charge < -0.3 is 4.74 Å². The van der Waals surface area contributed by atoms with Crippen LogP contribution in [0.5, 0.6) is 5.75 Å². The Bertz CT molecular complexity index is 777. The number of nitrogens with zero attached hydrogens (tertiary/aromatic N) is 2. The van der Waals surface area contributed by atoms with Crippen LogP contribution in [0.1, 0.15) is 6.92 Å². The third-order valence-corrected chi connectivity index (χ3v) is 2.80. The minimum absolute atomic E-state index is 0.0568. The molecule has 0 saturated heterocycles. The first-order valence-corrected chi connectivity index (χ1v) is 5.83. The molecule has 0 radical (unpaired) electrons. The van der Waals surface area contributed by atoms with Gasteiger partial charge in [-0.3, -0.25) is 9.20 Å². The average Bonchev–Trinajstić information content (AvgIpc) is 2.39. The third kappa shape index (κ3) is 1.62. The second kappa shape index (κ2) is 4.14. The molecule has 3 rings (SSSR count). The van der Waals surface area contributed by atoms with Crippen molar-refractivity contribution < 1.29 is 4.74 Å². The standard InChI is InChI=1S/C14H12N2O2/c1-2-18-10-6-7-11-12(9-10)15-13-5-3-4-8-16(13)14(11)17/h3-9H,2H2,1H3. The van der Waals surface area contributed by atoms with Crippen molar-refractivity contribution in [2.24, 2.45) is 0 Å². The number of rotatable bonds is 2. The SMILES string of the molecule is CCOc1ccc2c(=O)n3ccccc3nc2c1. The molecule has 0 spiro atoms. The van der Waals surface area contributed by atoms with E-state index in [1.165, 1.54) is 0 Å². The number of aromatic nitrogens is 2. The lowest BCUT2D eigenvalue weighted by molar-refractivity contribution is 0.340. The minimum Gasteiger partial charge on any atom is -0.494 e. The first-order valence-electron chi connectivity index (χ1n) is 5.83. The van der Waals surface area contributed by atoms with Gasteiger partial charge in [-0.2, -0.15) is 0 Å². The lowest BCUT2D eigenvalue weighted by Gasteiger charge is -2.05. The molecule has 2 heterocycles. The van der Waals surface area contributed by atoms with E-state index in [2.05, 4.69) is 4.98 Å². The zero-order valence-corrected chi connectivity index (χ0v) is 9.96. The molecule has 0 unspecified atom stereocenters. The van der Waals surface area contributed by atoms with Crippen molar-refractivity contribution in [2.75, 3.05) is 6.61 Å². The number of hydrogen-bond donors (Lipinski definition) is 0. The molecule has 1 aromatic carbocycles. The first kappa shape index (κ1) is 10.8. The number of benzene rings is 1. The molecule has 0 aliphatic carbocycles. The van der Waals surface area contributed by atoms with Gasteiger partial charge >= 0.3 is 0 Å². The largest absolute Gasteiger partial charge is 0.494 e. The van der Waals surface area contributed by atoms with Gasteiger partial charge in [0.1, 0.15) is 11.4 Å². The Morgan fingerprint density at radius 1 is 1.28 bits per heavy atom. The van der Waals surface area contributed by atoms with E-state index in [1.807, 2.05) is 25.1 Å². The molecular weight excluding hydrogens is 228 g/mol. The second-order valence-corrected chi connectivity index (χ2v) is 3.96. The molecule has 2 aromatic heterocycles. The predicted octanol–water partition coefficient (Wildman–Crippen LogP) is 2.25. The predicted molar refractivity (Wildman–Crippen MR) is 70.1 cm³/mol. The van der Waals surface area contributed by atoms with E-state index in [1.54, 1.807) is 28.8 Å². The highest BCUT2D eigenvalue weighted by molar-refractivity contribution is 5.81. The van der Waals surface area contributed by atoms with Gasteiger partial charge in [-0.05, 0) is 31.2 Å². The molecule has 0 aliphatic rings. The van der Waals surface area contributed by atoms with E-state index in [0.29, 0.717) is 23.2 Å². The van der Waals surface area contributed by atoms with Crippen LogP contribution in [0.2, 0.25) is 0 Å². The maximum absolute atomic E-state index is 12.2. The molecule has 0 N–H and O–H groups in total. The molecule has 0 amide bonds. The summed E-state index contributed by atoms with van der Waals surface area (Å²) >= 11 is 0. The van der Waals surface area contributed by atoms with Crippen LogP contribution in [0.25, 0.3) is 16.6 Å². The highest BCUT2D eigenvalue weighted by Gasteiger charge is 2.05. The summed E-state index contributed by atoms with van der Waals surface area (Å²) in [5, 5.41) is 0.599. The van der Waals surface area contributed by atoms with E-state index >= 15 is 0 Å². The zero-order valence-electron chi connectivity index (χ0n) is 9.96. The molecule has 0 fully saturated rings. The lowest BCUT2D eigenvalue weighted by atomic mass is 10.2. The van der Waals surface area contributed by atoms with Gasteiger partial charge in [-0.25, -0.2) is 4.98 Å². The quantitative estimate of drug-likeness (QED) is 0.645. The molecule has 4 nitrogen and oxygen atoms in total. The summed E-state index contributed by atoms with van der Waals surface area (Å²) in [6.07, 6.45) is 1.72. The summed E-state index contributed by atoms with van der Waals surface area (Å²) in [7, 11) is 0. The third-order valence-electron chi connectivity index (χ3n) is 2.80. The summed E-state index contributed by atoms with van der Waals surface area (Å²) in [5.41, 5.74) is 1.25. The fraction of sp³-hybridized carbons (Fsp3) is 0.143. The normalized spacial score (nSPS) is 10.9. The zero-order chi connectivity index (χ0) is 12.5. The molecular formula is C14H12N2O2. The Kier molecular flexibility index (Phi) is 2.48. The van der Waals surface area contributed by atoms with Crippen LogP contribution in [0.3, 0.4) is 0 Å². The Morgan fingerprint density at radius 3 is 3.00 bits per heavy atom. The van der Waals surface area contributed by atoms with Gasteiger partial charge in [0.05, 0.1) is 17.5 Å².